The van der Waals surface area contributed by atoms with Crippen molar-refractivity contribution in [2.75, 3.05) is 32.7 Å². The van der Waals surface area contributed by atoms with Crippen LogP contribution in [0.4, 0.5) is 23.4 Å². The minimum absolute atomic E-state index is 0.0126. The van der Waals surface area contributed by atoms with Gasteiger partial charge in [0.25, 0.3) is 0 Å². The van der Waals surface area contributed by atoms with Crippen LogP contribution in [-0.4, -0.2) is 53.4 Å². The Kier molecular flexibility index (Phi) is 13.7. The van der Waals surface area contributed by atoms with E-state index in [1.807, 2.05) is 27.7 Å². The highest BCUT2D eigenvalue weighted by Gasteiger charge is 2.35. The van der Waals surface area contributed by atoms with Crippen molar-refractivity contribution in [1.29, 1.82) is 0 Å². The number of nitrogens with zero attached hydrogens (tertiary/aromatic N) is 2. The first kappa shape index (κ1) is 32.5. The molecular formula is C25H37F4N3O5. The van der Waals surface area contributed by atoms with Crippen LogP contribution in [0.5, 0.6) is 5.75 Å². The van der Waals surface area contributed by atoms with E-state index in [0.29, 0.717) is 42.9 Å². The van der Waals surface area contributed by atoms with Gasteiger partial charge in [-0.1, -0.05) is 27.7 Å². The second kappa shape index (κ2) is 15.7. The molecule has 210 valence electrons. The number of aliphatic hydroxyl groups is 1. The van der Waals surface area contributed by atoms with E-state index in [0.717, 1.165) is 19.4 Å². The van der Waals surface area contributed by atoms with Crippen molar-refractivity contribution in [3.05, 3.63) is 34.6 Å². The molecule has 8 nitrogen and oxygen atoms in total. The Hall–Kier alpha value is -2.54. The molecule has 0 saturated carbocycles. The lowest BCUT2D eigenvalue weighted by Gasteiger charge is -2.15. The highest BCUT2D eigenvalue weighted by molar-refractivity contribution is 5.73. The van der Waals surface area contributed by atoms with E-state index < -0.39 is 35.0 Å². The Morgan fingerprint density at radius 2 is 1.84 bits per heavy atom. The molecule has 2 unspecified atom stereocenters. The largest absolute Gasteiger partial charge is 0.507 e. The highest BCUT2D eigenvalue weighted by Crippen LogP contribution is 2.44. The smallest absolute Gasteiger partial charge is 0.416 e. The van der Waals surface area contributed by atoms with Gasteiger partial charge in [-0.15, -0.1) is 10.2 Å². The molecule has 2 aliphatic rings. The molecule has 4 rings (SSSR count). The van der Waals surface area contributed by atoms with E-state index in [-0.39, 0.29) is 24.2 Å². The fourth-order valence-electron chi connectivity index (χ4n) is 3.64. The molecule has 2 aliphatic heterocycles. The summed E-state index contributed by atoms with van der Waals surface area (Å²) in [6.45, 7) is 9.76. The standard InChI is InChI=1S/C16H15F4N3O3.C5H10O2.2C2H6/c1-25-3-2-11-12-8(6-26-11)14(22-23-15(12)21)13-9(17)4-7(5-10(13)24)16(18,19)20;6-5-2-1-3-7-4-5;2*1-2/h4-5,11,24H,2-3,6H2,1H3,(H2,21,23);5-6H,1-4H2;2*1-2H3. The summed E-state index contributed by atoms with van der Waals surface area (Å²) in [5, 5.41) is 26.3. The monoisotopic (exact) mass is 535 g/mol. The molecule has 1 aromatic carbocycles. The number of aromatic hydroxyl groups is 1. The number of ether oxygens (including phenoxy) is 3. The fourth-order valence-corrected chi connectivity index (χ4v) is 3.64. The molecule has 4 N–H and O–H groups in total. The molecule has 12 heteroatoms. The summed E-state index contributed by atoms with van der Waals surface area (Å²) in [7, 11) is 1.52. The van der Waals surface area contributed by atoms with Gasteiger partial charge in [-0.05, 0) is 25.0 Å². The number of halogens is 4. The van der Waals surface area contributed by atoms with Gasteiger partial charge in [0.2, 0.25) is 0 Å². The molecule has 2 aromatic rings. The number of aliphatic hydroxyl groups excluding tert-OH is 1. The van der Waals surface area contributed by atoms with E-state index >= 15 is 0 Å². The van der Waals surface area contributed by atoms with Crippen LogP contribution in [0.15, 0.2) is 12.1 Å². The lowest BCUT2D eigenvalue weighted by atomic mass is 9.98. The van der Waals surface area contributed by atoms with Crippen molar-refractivity contribution in [3.63, 3.8) is 0 Å². The van der Waals surface area contributed by atoms with Crippen molar-refractivity contribution in [2.45, 2.75) is 71.9 Å². The summed E-state index contributed by atoms with van der Waals surface area (Å²) in [4.78, 5) is 0. The number of hydrogen-bond donors (Lipinski definition) is 3. The summed E-state index contributed by atoms with van der Waals surface area (Å²) in [6, 6.07) is 0.749. The van der Waals surface area contributed by atoms with Crippen LogP contribution in [0.3, 0.4) is 0 Å². The van der Waals surface area contributed by atoms with Gasteiger partial charge >= 0.3 is 6.18 Å². The number of fused-ring (bicyclic) bond motifs is 1. The van der Waals surface area contributed by atoms with Crippen molar-refractivity contribution in [2.24, 2.45) is 0 Å². The second-order valence-electron chi connectivity index (χ2n) is 7.63. The topological polar surface area (TPSA) is 120 Å². The molecule has 0 bridgehead atoms. The number of phenolic OH excluding ortho intramolecular Hbond substituents is 1. The first-order valence-electron chi connectivity index (χ1n) is 12.2. The predicted octanol–water partition coefficient (Wildman–Crippen LogP) is 5.41. The van der Waals surface area contributed by atoms with Crippen molar-refractivity contribution >= 4 is 5.82 Å². The Balaban J connectivity index is 0.000000525. The number of benzene rings is 1. The Labute approximate surface area is 214 Å². The van der Waals surface area contributed by atoms with Crippen LogP contribution in [0, 0.1) is 5.82 Å². The van der Waals surface area contributed by atoms with Crippen molar-refractivity contribution < 1.29 is 42.0 Å². The normalized spacial score (nSPS) is 18.3. The van der Waals surface area contributed by atoms with Gasteiger partial charge < -0.3 is 30.2 Å². The van der Waals surface area contributed by atoms with Gasteiger partial charge in [0, 0.05) is 37.9 Å². The van der Waals surface area contributed by atoms with E-state index in [4.69, 9.17) is 25.1 Å². The number of alkyl halides is 3. The summed E-state index contributed by atoms with van der Waals surface area (Å²) < 4.78 is 68.2. The first-order chi connectivity index (χ1) is 17.6. The Morgan fingerprint density at radius 1 is 1.16 bits per heavy atom. The maximum atomic E-state index is 14.4. The third-order valence-electron chi connectivity index (χ3n) is 5.25. The third kappa shape index (κ3) is 8.77. The third-order valence-corrected chi connectivity index (χ3v) is 5.25. The molecule has 0 radical (unpaired) electrons. The highest BCUT2D eigenvalue weighted by atomic mass is 19.4. The maximum absolute atomic E-state index is 14.4. The van der Waals surface area contributed by atoms with Crippen LogP contribution in [0.25, 0.3) is 11.3 Å². The molecule has 37 heavy (non-hydrogen) atoms. The van der Waals surface area contributed by atoms with Crippen molar-refractivity contribution in [1.82, 2.24) is 10.2 Å². The molecule has 0 amide bonds. The zero-order valence-corrected chi connectivity index (χ0v) is 21.9. The van der Waals surface area contributed by atoms with Crippen LogP contribution in [-0.2, 0) is 27.0 Å². The minimum Gasteiger partial charge on any atom is -0.507 e. The molecule has 3 heterocycles. The molecule has 1 saturated heterocycles. The average molecular weight is 536 g/mol. The summed E-state index contributed by atoms with van der Waals surface area (Å²) in [5.41, 5.74) is 4.82. The Morgan fingerprint density at radius 3 is 2.32 bits per heavy atom. The SMILES string of the molecule is CC.CC.COCCC1OCc2c(-c3c(O)cc(C(F)(F)F)cc3F)nnc(N)c21.OC1CCCOC1. The van der Waals surface area contributed by atoms with Gasteiger partial charge in [0.1, 0.15) is 17.3 Å². The number of hydrogen-bond acceptors (Lipinski definition) is 8. The number of aromatic nitrogens is 2. The number of methoxy groups -OCH3 is 1. The molecule has 0 aliphatic carbocycles. The molecule has 0 spiro atoms. The lowest BCUT2D eigenvalue weighted by molar-refractivity contribution is -0.137. The van der Waals surface area contributed by atoms with Crippen LogP contribution in [0.2, 0.25) is 0 Å². The summed E-state index contributed by atoms with van der Waals surface area (Å²) in [6.07, 6.45) is -3.05. The van der Waals surface area contributed by atoms with Gasteiger partial charge in [0.05, 0.1) is 36.5 Å². The number of phenols is 1. The molecule has 2 atom stereocenters. The molecule has 1 fully saturated rings. The number of rotatable bonds is 4. The minimum atomic E-state index is -4.79. The van der Waals surface area contributed by atoms with E-state index in [2.05, 4.69) is 10.2 Å². The maximum Gasteiger partial charge on any atom is 0.416 e. The van der Waals surface area contributed by atoms with Crippen LogP contribution >= 0.6 is 0 Å². The molecule has 1 aromatic heterocycles. The zero-order valence-electron chi connectivity index (χ0n) is 21.9. The zero-order chi connectivity index (χ0) is 28.2. The van der Waals surface area contributed by atoms with Crippen LogP contribution < -0.4 is 5.73 Å². The van der Waals surface area contributed by atoms with E-state index in [1.54, 1.807) is 0 Å². The number of nitrogen functional groups attached to an aromatic ring is 1. The van der Waals surface area contributed by atoms with Gasteiger partial charge in [-0.25, -0.2) is 4.39 Å². The quantitative estimate of drug-likeness (QED) is 0.445. The van der Waals surface area contributed by atoms with Crippen LogP contribution in [0.1, 0.15) is 69.8 Å². The summed E-state index contributed by atoms with van der Waals surface area (Å²) >= 11 is 0. The first-order valence-corrected chi connectivity index (χ1v) is 12.2. The second-order valence-corrected chi connectivity index (χ2v) is 7.63. The predicted molar refractivity (Wildman–Crippen MR) is 131 cm³/mol. The van der Waals surface area contributed by atoms with Gasteiger partial charge in [0.15, 0.2) is 5.82 Å². The summed E-state index contributed by atoms with van der Waals surface area (Å²) in [5.74, 6) is -2.08. The number of nitrogens with two attached hydrogens (primary N) is 1. The average Bonchev–Trinajstić information content (AvgIpc) is 3.31. The van der Waals surface area contributed by atoms with Crippen molar-refractivity contribution in [3.8, 4) is 17.0 Å². The van der Waals surface area contributed by atoms with E-state index in [9.17, 15) is 22.7 Å². The lowest BCUT2D eigenvalue weighted by Crippen LogP contribution is -2.21. The van der Waals surface area contributed by atoms with Gasteiger partial charge in [-0.2, -0.15) is 13.2 Å². The van der Waals surface area contributed by atoms with Gasteiger partial charge in [-0.3, -0.25) is 0 Å². The van der Waals surface area contributed by atoms with E-state index in [1.165, 1.54) is 7.11 Å². The Bertz CT molecular complexity index is 947. The number of anilines is 1. The molecular weight excluding hydrogens is 498 g/mol. The fraction of sp³-hybridized carbons (Fsp3) is 0.600.